The molecule has 1 atom stereocenters. The van der Waals surface area contributed by atoms with Gasteiger partial charge in [-0.2, -0.15) is 14.4 Å². The van der Waals surface area contributed by atoms with Gasteiger partial charge in [-0.15, -0.1) is 10.8 Å². The van der Waals surface area contributed by atoms with E-state index in [0.717, 1.165) is 24.2 Å². The lowest BCUT2D eigenvalue weighted by Gasteiger charge is -2.42. The fourth-order valence-corrected chi connectivity index (χ4v) is 6.22. The van der Waals surface area contributed by atoms with Gasteiger partial charge in [-0.3, -0.25) is 15.2 Å². The fraction of sp³-hybridized carbons (Fsp3) is 0.524. The van der Waals surface area contributed by atoms with E-state index in [2.05, 4.69) is 26.8 Å². The predicted molar refractivity (Wildman–Crippen MR) is 116 cm³/mol. The van der Waals surface area contributed by atoms with Crippen LogP contribution >= 0.6 is 9.44 Å². The Hall–Kier alpha value is -2.24. The maximum atomic E-state index is 13.1. The number of aromatic nitrogens is 3. The number of benzene rings is 1. The van der Waals surface area contributed by atoms with Gasteiger partial charge in [-0.1, -0.05) is 19.3 Å². The quantitative estimate of drug-likeness (QED) is 0.786. The molecule has 0 spiro atoms. The van der Waals surface area contributed by atoms with Crippen molar-refractivity contribution in [1.29, 1.82) is 0 Å². The number of H-pyrrole nitrogens is 1. The molecule has 0 bridgehead atoms. The van der Waals surface area contributed by atoms with Gasteiger partial charge in [0.25, 0.3) is 0 Å². The number of rotatable bonds is 4. The Kier molecular flexibility index (Phi) is 5.87. The van der Waals surface area contributed by atoms with Crippen molar-refractivity contribution in [3.63, 3.8) is 0 Å². The van der Waals surface area contributed by atoms with Crippen molar-refractivity contribution in [3.8, 4) is 22.8 Å². The van der Waals surface area contributed by atoms with Gasteiger partial charge < -0.3 is 4.74 Å². The molecule has 2 N–H and O–H groups in total. The molecule has 1 aromatic carbocycles. The SMILES string of the molecule is C#S(C)(C1CCCCC1)C(C)(C)C(=O)Nc1n[nH]c(-c2ccc(OC)cc2)n1. The molecule has 1 fully saturated rings. The minimum absolute atomic E-state index is 0.127. The number of carbonyl (C=O) groups excluding carboxylic acids is 1. The Morgan fingerprint density at radius 3 is 2.50 bits per heavy atom. The highest BCUT2D eigenvalue weighted by atomic mass is 32.2. The fourth-order valence-electron chi connectivity index (χ4n) is 3.62. The van der Waals surface area contributed by atoms with E-state index in [0.29, 0.717) is 11.1 Å². The van der Waals surface area contributed by atoms with E-state index >= 15 is 0 Å². The van der Waals surface area contributed by atoms with Crippen LogP contribution in [0.4, 0.5) is 5.95 Å². The monoisotopic (exact) mass is 402 g/mol. The van der Waals surface area contributed by atoms with Crippen LogP contribution in [-0.4, -0.2) is 44.5 Å². The Labute approximate surface area is 168 Å². The highest BCUT2D eigenvalue weighted by Gasteiger charge is 2.40. The van der Waals surface area contributed by atoms with Crippen LogP contribution in [0, 0.1) is 5.69 Å². The van der Waals surface area contributed by atoms with Gasteiger partial charge in [0.2, 0.25) is 11.9 Å². The van der Waals surface area contributed by atoms with Gasteiger partial charge >= 0.3 is 0 Å². The molecular weight excluding hydrogens is 372 g/mol. The lowest BCUT2D eigenvalue weighted by atomic mass is 10.0. The molecule has 6 nitrogen and oxygen atoms in total. The lowest BCUT2D eigenvalue weighted by Crippen LogP contribution is -2.41. The summed E-state index contributed by atoms with van der Waals surface area (Å²) in [5.41, 5.74) is 7.67. The first kappa shape index (κ1) is 20.5. The van der Waals surface area contributed by atoms with E-state index in [4.69, 9.17) is 10.4 Å². The lowest BCUT2D eigenvalue weighted by molar-refractivity contribution is -0.117. The van der Waals surface area contributed by atoms with Crippen LogP contribution in [0.25, 0.3) is 11.4 Å². The van der Waals surface area contributed by atoms with Crippen molar-refractivity contribution >= 4 is 21.3 Å². The van der Waals surface area contributed by atoms with Crippen molar-refractivity contribution in [2.24, 2.45) is 0 Å². The maximum Gasteiger partial charge on any atom is 0.249 e. The summed E-state index contributed by atoms with van der Waals surface area (Å²) in [6.07, 6.45) is 7.98. The summed E-state index contributed by atoms with van der Waals surface area (Å²) < 4.78 is 4.50. The van der Waals surface area contributed by atoms with Crippen LogP contribution in [0.5, 0.6) is 5.75 Å². The third-order valence-electron chi connectivity index (χ3n) is 5.97. The average Bonchev–Trinajstić information content (AvgIpc) is 3.17. The van der Waals surface area contributed by atoms with E-state index in [1.54, 1.807) is 7.11 Å². The van der Waals surface area contributed by atoms with Crippen molar-refractivity contribution in [2.45, 2.75) is 55.9 Å². The molecule has 0 aliphatic heterocycles. The number of hydrogen-bond donors (Lipinski definition) is 2. The molecule has 0 saturated heterocycles. The second kappa shape index (κ2) is 8.02. The Morgan fingerprint density at radius 2 is 1.89 bits per heavy atom. The number of hydrogen-bond acceptors (Lipinski definition) is 4. The largest absolute Gasteiger partial charge is 0.497 e. The molecule has 1 amide bonds. The summed E-state index contributed by atoms with van der Waals surface area (Å²) in [5, 5.41) is 10.3. The minimum Gasteiger partial charge on any atom is -0.497 e. The van der Waals surface area contributed by atoms with Crippen molar-refractivity contribution < 1.29 is 9.53 Å². The number of nitrogens with one attached hydrogen (secondary N) is 2. The smallest absolute Gasteiger partial charge is 0.249 e. The van der Waals surface area contributed by atoms with E-state index in [-0.39, 0.29) is 11.9 Å². The van der Waals surface area contributed by atoms with Crippen LogP contribution in [0.3, 0.4) is 0 Å². The molecule has 28 heavy (non-hydrogen) atoms. The zero-order chi connectivity index (χ0) is 20.4. The average molecular weight is 403 g/mol. The molecule has 0 radical (unpaired) electrons. The topological polar surface area (TPSA) is 79.9 Å². The first-order valence-electron chi connectivity index (χ1n) is 9.68. The predicted octanol–water partition coefficient (Wildman–Crippen LogP) is 4.55. The van der Waals surface area contributed by atoms with Crippen LogP contribution in [0.15, 0.2) is 24.3 Å². The van der Waals surface area contributed by atoms with Crippen LogP contribution < -0.4 is 10.1 Å². The van der Waals surface area contributed by atoms with Crippen LogP contribution in [0.1, 0.15) is 46.0 Å². The number of aromatic amines is 1. The van der Waals surface area contributed by atoms with E-state index in [1.807, 2.05) is 38.1 Å². The zero-order valence-electron chi connectivity index (χ0n) is 17.1. The highest BCUT2D eigenvalue weighted by molar-refractivity contribution is 8.25. The molecule has 152 valence electrons. The van der Waals surface area contributed by atoms with Crippen LogP contribution in [-0.2, 0) is 4.79 Å². The maximum absolute atomic E-state index is 13.1. The van der Waals surface area contributed by atoms with Crippen molar-refractivity contribution in [2.75, 3.05) is 18.7 Å². The van der Waals surface area contributed by atoms with Gasteiger partial charge in [-0.05, 0) is 62.5 Å². The van der Waals surface area contributed by atoms with E-state index in [9.17, 15) is 4.79 Å². The number of anilines is 1. The first-order chi connectivity index (χ1) is 13.3. The highest BCUT2D eigenvalue weighted by Crippen LogP contribution is 2.52. The van der Waals surface area contributed by atoms with Gasteiger partial charge in [0.15, 0.2) is 5.82 Å². The normalized spacial score (nSPS) is 17.7. The van der Waals surface area contributed by atoms with Crippen LogP contribution in [0.2, 0.25) is 0 Å². The summed E-state index contributed by atoms with van der Waals surface area (Å²) in [4.78, 5) is 17.5. The zero-order valence-corrected chi connectivity index (χ0v) is 17.9. The van der Waals surface area contributed by atoms with Gasteiger partial charge in [0.1, 0.15) is 5.75 Å². The van der Waals surface area contributed by atoms with E-state index < -0.39 is 14.2 Å². The molecule has 2 aromatic rings. The summed E-state index contributed by atoms with van der Waals surface area (Å²) in [5.74, 6) is 1.50. The number of methoxy groups -OCH3 is 1. The number of ether oxygens (including phenoxy) is 1. The summed E-state index contributed by atoms with van der Waals surface area (Å²) >= 11 is 0. The van der Waals surface area contributed by atoms with Crippen molar-refractivity contribution in [3.05, 3.63) is 24.3 Å². The third kappa shape index (κ3) is 3.96. The second-order valence-electron chi connectivity index (χ2n) is 8.01. The molecule has 1 unspecified atom stereocenters. The summed E-state index contributed by atoms with van der Waals surface area (Å²) in [7, 11) is -0.00130. The van der Waals surface area contributed by atoms with Gasteiger partial charge in [0, 0.05) is 5.56 Å². The van der Waals surface area contributed by atoms with E-state index in [1.165, 1.54) is 19.3 Å². The molecule has 7 heteroatoms. The Balaban J connectivity index is 1.73. The number of amides is 1. The number of nitrogens with zero attached hydrogens (tertiary/aromatic N) is 2. The van der Waals surface area contributed by atoms with Gasteiger partial charge in [-0.25, -0.2) is 0 Å². The molecule has 3 rings (SSSR count). The third-order valence-corrected chi connectivity index (χ3v) is 10.2. The Morgan fingerprint density at radius 1 is 1.25 bits per heavy atom. The van der Waals surface area contributed by atoms with Gasteiger partial charge in [0.05, 0.1) is 11.9 Å². The summed E-state index contributed by atoms with van der Waals surface area (Å²) in [6.45, 7) is 3.90. The minimum atomic E-state index is -1.63. The Bertz CT molecular complexity index is 931. The van der Waals surface area contributed by atoms with Crippen molar-refractivity contribution in [1.82, 2.24) is 15.2 Å². The molecule has 1 aliphatic carbocycles. The summed E-state index contributed by atoms with van der Waals surface area (Å²) in [6, 6.07) is 7.48. The standard InChI is InChI=1S/C21H30N4O2S/c1-21(2,28(4,5)17-9-7-6-8-10-17)19(26)23-20-22-18(24-25-20)15-11-13-16(27-3)14-12-15/h4,11-14,17H,6-10H2,1-3,5H3,(H2,22,23,24,25,26). The second-order valence-corrected chi connectivity index (χ2v) is 11.8. The number of carbonyl (C=O) groups is 1. The molecular formula is C21H30N4O2S. The molecule has 1 heterocycles. The molecule has 1 aromatic heterocycles. The molecule has 1 saturated carbocycles. The molecule has 1 aliphatic rings. The first-order valence-corrected chi connectivity index (χ1v) is 11.9.